The van der Waals surface area contributed by atoms with E-state index in [2.05, 4.69) is 15.6 Å². The SMILES string of the molecule is CCNC(=NCc1cccc(O)c1)NCC(C)Oc1cccc(OC)c1. The smallest absolute Gasteiger partial charge is 0.191 e. The first-order valence-electron chi connectivity index (χ1n) is 8.71. The molecular formula is C20H27N3O3. The number of hydrogen-bond donors (Lipinski definition) is 3. The molecule has 140 valence electrons. The fourth-order valence-corrected chi connectivity index (χ4v) is 2.36. The molecule has 0 aliphatic heterocycles. The summed E-state index contributed by atoms with van der Waals surface area (Å²) in [7, 11) is 1.63. The van der Waals surface area contributed by atoms with Crippen LogP contribution >= 0.6 is 0 Å². The van der Waals surface area contributed by atoms with Crippen LogP contribution in [0.2, 0.25) is 0 Å². The molecule has 1 atom stereocenters. The number of methoxy groups -OCH3 is 1. The Morgan fingerprint density at radius 2 is 1.88 bits per heavy atom. The highest BCUT2D eigenvalue weighted by Crippen LogP contribution is 2.19. The summed E-state index contributed by atoms with van der Waals surface area (Å²) in [6.45, 7) is 5.85. The summed E-state index contributed by atoms with van der Waals surface area (Å²) in [5.74, 6) is 2.48. The highest BCUT2D eigenvalue weighted by atomic mass is 16.5. The second-order valence-electron chi connectivity index (χ2n) is 5.85. The van der Waals surface area contributed by atoms with Gasteiger partial charge in [0.1, 0.15) is 23.4 Å². The van der Waals surface area contributed by atoms with Crippen molar-refractivity contribution in [3.8, 4) is 17.2 Å². The molecule has 0 spiro atoms. The van der Waals surface area contributed by atoms with Gasteiger partial charge in [0.2, 0.25) is 0 Å². The number of rotatable bonds is 8. The minimum atomic E-state index is -0.0493. The molecule has 2 aromatic carbocycles. The Morgan fingerprint density at radius 1 is 1.12 bits per heavy atom. The predicted octanol–water partition coefficient (Wildman–Crippen LogP) is 2.92. The molecule has 0 aromatic heterocycles. The summed E-state index contributed by atoms with van der Waals surface area (Å²) in [6, 6.07) is 14.6. The van der Waals surface area contributed by atoms with Gasteiger partial charge in [-0.3, -0.25) is 0 Å². The van der Waals surface area contributed by atoms with E-state index in [1.165, 1.54) is 0 Å². The molecular weight excluding hydrogens is 330 g/mol. The second kappa shape index (κ2) is 10.2. The number of guanidine groups is 1. The Bertz CT molecular complexity index is 719. The van der Waals surface area contributed by atoms with Crippen molar-refractivity contribution in [1.82, 2.24) is 10.6 Å². The van der Waals surface area contributed by atoms with Gasteiger partial charge in [0.25, 0.3) is 0 Å². The summed E-state index contributed by atoms with van der Waals surface area (Å²) in [5, 5.41) is 16.0. The van der Waals surface area contributed by atoms with Gasteiger partial charge in [-0.05, 0) is 43.7 Å². The fraction of sp³-hybridized carbons (Fsp3) is 0.350. The van der Waals surface area contributed by atoms with Crippen LogP contribution in [-0.2, 0) is 6.54 Å². The molecule has 3 N–H and O–H groups in total. The van der Waals surface area contributed by atoms with Crippen LogP contribution in [0.3, 0.4) is 0 Å². The van der Waals surface area contributed by atoms with Gasteiger partial charge in [0.05, 0.1) is 20.2 Å². The molecule has 0 radical (unpaired) electrons. The van der Waals surface area contributed by atoms with E-state index in [0.29, 0.717) is 19.0 Å². The molecule has 1 unspecified atom stereocenters. The van der Waals surface area contributed by atoms with Gasteiger partial charge >= 0.3 is 0 Å². The number of aromatic hydroxyl groups is 1. The largest absolute Gasteiger partial charge is 0.508 e. The van der Waals surface area contributed by atoms with Crippen LogP contribution < -0.4 is 20.1 Å². The monoisotopic (exact) mass is 357 g/mol. The van der Waals surface area contributed by atoms with Gasteiger partial charge in [-0.15, -0.1) is 0 Å². The van der Waals surface area contributed by atoms with E-state index in [4.69, 9.17) is 9.47 Å². The summed E-state index contributed by atoms with van der Waals surface area (Å²) in [4.78, 5) is 4.54. The van der Waals surface area contributed by atoms with E-state index >= 15 is 0 Å². The first kappa shape index (κ1) is 19.4. The van der Waals surface area contributed by atoms with Crippen LogP contribution in [0.4, 0.5) is 0 Å². The first-order chi connectivity index (χ1) is 12.6. The van der Waals surface area contributed by atoms with Crippen molar-refractivity contribution >= 4 is 5.96 Å². The number of nitrogens with one attached hydrogen (secondary N) is 2. The lowest BCUT2D eigenvalue weighted by Gasteiger charge is -2.18. The number of phenolic OH excluding ortho intramolecular Hbond substituents is 1. The third-order valence-electron chi connectivity index (χ3n) is 3.61. The number of ether oxygens (including phenoxy) is 2. The van der Waals surface area contributed by atoms with E-state index in [1.54, 1.807) is 19.2 Å². The number of benzene rings is 2. The molecule has 0 aliphatic carbocycles. The normalized spacial score (nSPS) is 12.3. The van der Waals surface area contributed by atoms with Crippen LogP contribution in [-0.4, -0.2) is 37.4 Å². The molecule has 0 amide bonds. The van der Waals surface area contributed by atoms with Gasteiger partial charge in [-0.2, -0.15) is 0 Å². The molecule has 0 heterocycles. The van der Waals surface area contributed by atoms with Crippen molar-refractivity contribution in [2.45, 2.75) is 26.5 Å². The first-order valence-corrected chi connectivity index (χ1v) is 8.71. The maximum absolute atomic E-state index is 9.53. The number of nitrogens with zero attached hydrogens (tertiary/aromatic N) is 1. The standard InChI is InChI=1S/C20H27N3O3/c1-4-21-20(23-14-16-7-5-8-17(24)11-16)22-13-15(2)26-19-10-6-9-18(12-19)25-3/h5-12,15,24H,4,13-14H2,1-3H3,(H2,21,22,23). The molecule has 0 bridgehead atoms. The molecule has 0 aliphatic rings. The van der Waals surface area contributed by atoms with E-state index in [1.807, 2.05) is 50.2 Å². The Hall–Kier alpha value is -2.89. The number of phenols is 1. The van der Waals surface area contributed by atoms with Crippen molar-refractivity contribution in [2.24, 2.45) is 4.99 Å². The van der Waals surface area contributed by atoms with Crippen LogP contribution in [0.1, 0.15) is 19.4 Å². The van der Waals surface area contributed by atoms with Gasteiger partial charge in [0.15, 0.2) is 5.96 Å². The Labute approximate surface area is 154 Å². The highest BCUT2D eigenvalue weighted by Gasteiger charge is 2.07. The minimum Gasteiger partial charge on any atom is -0.508 e. The van der Waals surface area contributed by atoms with Gasteiger partial charge in [0, 0.05) is 12.6 Å². The van der Waals surface area contributed by atoms with Gasteiger partial charge < -0.3 is 25.2 Å². The van der Waals surface area contributed by atoms with E-state index in [-0.39, 0.29) is 11.9 Å². The quantitative estimate of drug-likeness (QED) is 0.500. The third kappa shape index (κ3) is 6.55. The van der Waals surface area contributed by atoms with Crippen LogP contribution in [0.15, 0.2) is 53.5 Å². The molecule has 26 heavy (non-hydrogen) atoms. The van der Waals surface area contributed by atoms with Crippen molar-refractivity contribution < 1.29 is 14.6 Å². The Morgan fingerprint density at radius 3 is 2.62 bits per heavy atom. The van der Waals surface area contributed by atoms with Crippen LogP contribution in [0.5, 0.6) is 17.2 Å². The molecule has 6 nitrogen and oxygen atoms in total. The maximum Gasteiger partial charge on any atom is 0.191 e. The summed E-state index contributed by atoms with van der Waals surface area (Å²) in [6.07, 6.45) is -0.0493. The average molecular weight is 357 g/mol. The minimum absolute atomic E-state index is 0.0493. The van der Waals surface area contributed by atoms with E-state index in [0.717, 1.165) is 23.6 Å². The van der Waals surface area contributed by atoms with E-state index in [9.17, 15) is 5.11 Å². The molecule has 2 rings (SSSR count). The third-order valence-corrected chi connectivity index (χ3v) is 3.61. The zero-order valence-corrected chi connectivity index (χ0v) is 15.5. The summed E-state index contributed by atoms with van der Waals surface area (Å²) >= 11 is 0. The van der Waals surface area contributed by atoms with Gasteiger partial charge in [-0.25, -0.2) is 4.99 Å². The zero-order valence-electron chi connectivity index (χ0n) is 15.5. The van der Waals surface area contributed by atoms with Crippen LogP contribution in [0, 0.1) is 0 Å². The predicted molar refractivity (Wildman–Crippen MR) is 104 cm³/mol. The van der Waals surface area contributed by atoms with Gasteiger partial charge in [-0.1, -0.05) is 18.2 Å². The number of aliphatic imine (C=N–C) groups is 1. The lowest BCUT2D eigenvalue weighted by molar-refractivity contribution is 0.223. The Kier molecular flexibility index (Phi) is 7.61. The van der Waals surface area contributed by atoms with Crippen molar-refractivity contribution in [3.63, 3.8) is 0 Å². The van der Waals surface area contributed by atoms with Crippen LogP contribution in [0.25, 0.3) is 0 Å². The summed E-state index contributed by atoms with van der Waals surface area (Å²) < 4.78 is 11.1. The molecule has 0 saturated carbocycles. The average Bonchev–Trinajstić information content (AvgIpc) is 2.64. The zero-order chi connectivity index (χ0) is 18.8. The molecule has 6 heteroatoms. The lowest BCUT2D eigenvalue weighted by Crippen LogP contribution is -2.41. The summed E-state index contributed by atoms with van der Waals surface area (Å²) in [5.41, 5.74) is 0.947. The lowest BCUT2D eigenvalue weighted by atomic mass is 10.2. The number of hydrogen-bond acceptors (Lipinski definition) is 4. The fourth-order valence-electron chi connectivity index (χ4n) is 2.36. The van der Waals surface area contributed by atoms with Crippen molar-refractivity contribution in [3.05, 3.63) is 54.1 Å². The molecule has 0 fully saturated rings. The Balaban J connectivity index is 1.89. The van der Waals surface area contributed by atoms with Crippen molar-refractivity contribution in [1.29, 1.82) is 0 Å². The maximum atomic E-state index is 9.53. The molecule has 2 aromatic rings. The molecule has 0 saturated heterocycles. The van der Waals surface area contributed by atoms with E-state index < -0.39 is 0 Å². The second-order valence-corrected chi connectivity index (χ2v) is 5.85. The topological polar surface area (TPSA) is 75.1 Å². The van der Waals surface area contributed by atoms with Crippen molar-refractivity contribution in [2.75, 3.05) is 20.2 Å². The highest BCUT2D eigenvalue weighted by molar-refractivity contribution is 5.79.